The van der Waals surface area contributed by atoms with Crippen LogP contribution in [0.5, 0.6) is 0 Å². The molecule has 1 aromatic heterocycles. The third-order valence-corrected chi connectivity index (χ3v) is 4.91. The molecule has 1 heterocycles. The maximum atomic E-state index is 11.6. The van der Waals surface area contributed by atoms with Crippen LogP contribution in [0.1, 0.15) is 70.2 Å². The third kappa shape index (κ3) is 4.73. The molecule has 1 aliphatic rings. The van der Waals surface area contributed by atoms with Crippen molar-refractivity contribution in [2.75, 3.05) is 12.8 Å². The van der Waals surface area contributed by atoms with Gasteiger partial charge < -0.3 is 9.88 Å². The van der Waals surface area contributed by atoms with Gasteiger partial charge in [0.1, 0.15) is 5.82 Å². The summed E-state index contributed by atoms with van der Waals surface area (Å²) in [5.41, 5.74) is 0. The number of nitrogens with one attached hydrogen (secondary N) is 1. The molecule has 1 saturated carbocycles. The molecule has 5 nitrogen and oxygen atoms in total. The predicted octanol–water partition coefficient (Wildman–Crippen LogP) is 3.35. The third-order valence-electron chi connectivity index (χ3n) is 4.26. The molecule has 1 aliphatic carbocycles. The highest BCUT2D eigenvalue weighted by atomic mass is 32.2. The van der Waals surface area contributed by atoms with Gasteiger partial charge in [0.25, 0.3) is 0 Å². The lowest BCUT2D eigenvalue weighted by molar-refractivity contribution is -0.121. The fraction of sp³-hybridized carbons (Fsp3) is 0.812. The van der Waals surface area contributed by atoms with Crippen LogP contribution >= 0.6 is 11.8 Å². The SMILES string of the molecule is CCCCC(=O)NCCCc1nnc(SC)n1C1CCCC1. The van der Waals surface area contributed by atoms with Gasteiger partial charge in [0.15, 0.2) is 5.16 Å². The minimum absolute atomic E-state index is 0.170. The largest absolute Gasteiger partial charge is 0.356 e. The Kier molecular flexibility index (Phi) is 7.22. The average molecular weight is 324 g/mol. The molecule has 1 amide bonds. The van der Waals surface area contributed by atoms with E-state index >= 15 is 0 Å². The topological polar surface area (TPSA) is 59.8 Å². The second-order valence-corrected chi connectivity index (χ2v) is 6.74. The maximum absolute atomic E-state index is 11.6. The first-order valence-corrected chi connectivity index (χ1v) is 9.73. The van der Waals surface area contributed by atoms with Gasteiger partial charge in [-0.15, -0.1) is 10.2 Å². The van der Waals surface area contributed by atoms with Gasteiger partial charge in [-0.1, -0.05) is 37.9 Å². The van der Waals surface area contributed by atoms with Crippen LogP contribution in [0.2, 0.25) is 0 Å². The highest BCUT2D eigenvalue weighted by Gasteiger charge is 2.23. The van der Waals surface area contributed by atoms with Gasteiger partial charge in [-0.2, -0.15) is 0 Å². The number of rotatable bonds is 9. The number of hydrogen-bond donors (Lipinski definition) is 1. The van der Waals surface area contributed by atoms with Crippen LogP contribution in [0, 0.1) is 0 Å². The van der Waals surface area contributed by atoms with Crippen molar-refractivity contribution in [3.63, 3.8) is 0 Å². The predicted molar refractivity (Wildman–Crippen MR) is 90.2 cm³/mol. The number of aromatic nitrogens is 3. The normalized spacial score (nSPS) is 15.4. The number of amides is 1. The molecule has 0 atom stereocenters. The average Bonchev–Trinajstić information content (AvgIpc) is 3.17. The monoisotopic (exact) mass is 324 g/mol. The zero-order valence-electron chi connectivity index (χ0n) is 13.8. The van der Waals surface area contributed by atoms with Crippen molar-refractivity contribution < 1.29 is 4.79 Å². The van der Waals surface area contributed by atoms with Crippen LogP contribution in [0.3, 0.4) is 0 Å². The highest BCUT2D eigenvalue weighted by molar-refractivity contribution is 7.98. The Bertz CT molecular complexity index is 469. The van der Waals surface area contributed by atoms with E-state index in [1.807, 2.05) is 0 Å². The summed E-state index contributed by atoms with van der Waals surface area (Å²) in [5, 5.41) is 12.7. The van der Waals surface area contributed by atoms with Crippen LogP contribution in [0.15, 0.2) is 5.16 Å². The standard InChI is InChI=1S/C16H28N4OS/c1-3-4-11-15(21)17-12-7-10-14-18-19-16(22-2)20(14)13-8-5-6-9-13/h13H,3-12H2,1-2H3,(H,17,21). The van der Waals surface area contributed by atoms with Crippen LogP contribution in [0.4, 0.5) is 0 Å². The number of aryl methyl sites for hydroxylation is 1. The second kappa shape index (κ2) is 9.18. The number of nitrogens with zero attached hydrogens (tertiary/aromatic N) is 3. The Labute approximate surface area is 137 Å². The first-order valence-electron chi connectivity index (χ1n) is 8.50. The summed E-state index contributed by atoms with van der Waals surface area (Å²) in [5.74, 6) is 1.25. The van der Waals surface area contributed by atoms with Gasteiger partial charge >= 0.3 is 0 Å². The van der Waals surface area contributed by atoms with Gasteiger partial charge in [-0.25, -0.2) is 0 Å². The van der Waals surface area contributed by atoms with Crippen molar-refractivity contribution in [1.82, 2.24) is 20.1 Å². The van der Waals surface area contributed by atoms with E-state index in [-0.39, 0.29) is 5.91 Å². The van der Waals surface area contributed by atoms with E-state index in [1.54, 1.807) is 11.8 Å². The fourth-order valence-corrected chi connectivity index (χ4v) is 3.62. The molecule has 1 fully saturated rings. The van der Waals surface area contributed by atoms with Gasteiger partial charge in [-0.3, -0.25) is 4.79 Å². The van der Waals surface area contributed by atoms with Crippen LogP contribution < -0.4 is 5.32 Å². The Balaban J connectivity index is 1.82. The van der Waals surface area contributed by atoms with Gasteiger partial charge in [0.05, 0.1) is 0 Å². The summed E-state index contributed by atoms with van der Waals surface area (Å²) in [7, 11) is 0. The molecule has 0 saturated heterocycles. The Morgan fingerprint density at radius 2 is 2.09 bits per heavy atom. The number of carbonyl (C=O) groups excluding carboxylic acids is 1. The van der Waals surface area contributed by atoms with Crippen molar-refractivity contribution in [3.05, 3.63) is 5.82 Å². The number of unbranched alkanes of at least 4 members (excludes halogenated alkanes) is 1. The van der Waals surface area contributed by atoms with E-state index in [1.165, 1.54) is 25.7 Å². The molecule has 1 aromatic rings. The molecular formula is C16H28N4OS. The lowest BCUT2D eigenvalue weighted by Crippen LogP contribution is -2.24. The lowest BCUT2D eigenvalue weighted by atomic mass is 10.2. The van der Waals surface area contributed by atoms with Gasteiger partial charge in [0, 0.05) is 25.4 Å². The number of carbonyl (C=O) groups is 1. The molecule has 0 unspecified atom stereocenters. The summed E-state index contributed by atoms with van der Waals surface area (Å²) < 4.78 is 2.34. The van der Waals surface area contributed by atoms with Crippen LogP contribution in [-0.4, -0.2) is 33.5 Å². The van der Waals surface area contributed by atoms with Crippen molar-refractivity contribution in [3.8, 4) is 0 Å². The molecule has 0 radical (unpaired) electrons. The van der Waals surface area contributed by atoms with E-state index in [4.69, 9.17) is 0 Å². The summed E-state index contributed by atoms with van der Waals surface area (Å²) in [6.07, 6.45) is 11.7. The van der Waals surface area contributed by atoms with Crippen molar-refractivity contribution >= 4 is 17.7 Å². The molecular weight excluding hydrogens is 296 g/mol. The van der Waals surface area contributed by atoms with Crippen molar-refractivity contribution in [1.29, 1.82) is 0 Å². The number of hydrogen-bond acceptors (Lipinski definition) is 4. The number of thioether (sulfide) groups is 1. The Morgan fingerprint density at radius 1 is 1.32 bits per heavy atom. The van der Waals surface area contributed by atoms with E-state index in [0.717, 1.165) is 43.2 Å². The summed E-state index contributed by atoms with van der Waals surface area (Å²) >= 11 is 1.68. The smallest absolute Gasteiger partial charge is 0.219 e. The summed E-state index contributed by atoms with van der Waals surface area (Å²) in [6, 6.07) is 0.576. The van der Waals surface area contributed by atoms with Crippen molar-refractivity contribution in [2.45, 2.75) is 75.9 Å². The van der Waals surface area contributed by atoms with Crippen LogP contribution in [-0.2, 0) is 11.2 Å². The quantitative estimate of drug-likeness (QED) is 0.559. The molecule has 0 aromatic carbocycles. The molecule has 22 heavy (non-hydrogen) atoms. The lowest BCUT2D eigenvalue weighted by Gasteiger charge is -2.16. The zero-order valence-corrected chi connectivity index (χ0v) is 14.6. The van der Waals surface area contributed by atoms with Crippen LogP contribution in [0.25, 0.3) is 0 Å². The molecule has 0 aliphatic heterocycles. The van der Waals surface area contributed by atoms with E-state index < -0.39 is 0 Å². The highest BCUT2D eigenvalue weighted by Crippen LogP contribution is 2.33. The molecule has 0 spiro atoms. The minimum Gasteiger partial charge on any atom is -0.356 e. The van der Waals surface area contributed by atoms with E-state index in [0.29, 0.717) is 12.5 Å². The first kappa shape index (κ1) is 17.3. The molecule has 2 rings (SSSR count). The van der Waals surface area contributed by atoms with Gasteiger partial charge in [0.2, 0.25) is 5.91 Å². The Morgan fingerprint density at radius 3 is 2.77 bits per heavy atom. The summed E-state index contributed by atoms with van der Waals surface area (Å²) in [6.45, 7) is 2.83. The zero-order chi connectivity index (χ0) is 15.8. The second-order valence-electron chi connectivity index (χ2n) is 5.97. The summed E-state index contributed by atoms with van der Waals surface area (Å²) in [4.78, 5) is 11.6. The van der Waals surface area contributed by atoms with E-state index in [9.17, 15) is 4.79 Å². The van der Waals surface area contributed by atoms with Crippen molar-refractivity contribution in [2.24, 2.45) is 0 Å². The van der Waals surface area contributed by atoms with Gasteiger partial charge in [-0.05, 0) is 31.9 Å². The van der Waals surface area contributed by atoms with E-state index in [2.05, 4.69) is 33.3 Å². The fourth-order valence-electron chi connectivity index (χ4n) is 3.05. The first-order chi connectivity index (χ1) is 10.8. The molecule has 6 heteroatoms. The molecule has 124 valence electrons. The minimum atomic E-state index is 0.170. The molecule has 0 bridgehead atoms. The molecule has 1 N–H and O–H groups in total. The maximum Gasteiger partial charge on any atom is 0.219 e. The Hall–Kier alpha value is -1.04.